The molecule has 1 rings (SSSR count). The number of halogens is 2. The molecule has 0 atom stereocenters. The van der Waals surface area contributed by atoms with E-state index in [9.17, 15) is 4.79 Å². The lowest BCUT2D eigenvalue weighted by Crippen LogP contribution is -2.40. The first-order chi connectivity index (χ1) is 8.43. The Morgan fingerprint density at radius 3 is 2.61 bits per heavy atom. The zero-order valence-electron chi connectivity index (χ0n) is 9.74. The molecule has 0 radical (unpaired) electrons. The van der Waals surface area contributed by atoms with Gasteiger partial charge in [0, 0.05) is 12.2 Å². The monoisotopic (exact) mass is 305 g/mol. The van der Waals surface area contributed by atoms with Crippen molar-refractivity contribution in [1.82, 2.24) is 4.90 Å². The summed E-state index contributed by atoms with van der Waals surface area (Å²) in [6.07, 6.45) is 0. The van der Waals surface area contributed by atoms with Crippen LogP contribution in [0, 0.1) is 0 Å². The molecule has 0 unspecified atom stereocenters. The minimum Gasteiger partial charge on any atom is -0.392 e. The summed E-state index contributed by atoms with van der Waals surface area (Å²) in [4.78, 5) is 13.7. The fourth-order valence-corrected chi connectivity index (χ4v) is 1.75. The number of amides is 2. The summed E-state index contributed by atoms with van der Waals surface area (Å²) in [6, 6.07) is 4.57. The largest absolute Gasteiger partial charge is 0.392 e. The van der Waals surface area contributed by atoms with Gasteiger partial charge < -0.3 is 16.0 Å². The fraction of sp³-hybridized carbons (Fsp3) is 0.273. The maximum absolute atomic E-state index is 11.9. The second kappa shape index (κ2) is 6.78. The quantitative estimate of drug-likeness (QED) is 0.840. The van der Waals surface area contributed by atoms with Crippen LogP contribution in [-0.2, 0) is 0 Å². The van der Waals surface area contributed by atoms with Crippen molar-refractivity contribution in [3.63, 3.8) is 0 Å². The Morgan fingerprint density at radius 2 is 2.11 bits per heavy atom. The zero-order valence-corrected chi connectivity index (χ0v) is 12.1. The summed E-state index contributed by atoms with van der Waals surface area (Å²) in [5.41, 5.74) is 5.98. The third-order valence-electron chi connectivity index (χ3n) is 2.19. The second-order valence-electron chi connectivity index (χ2n) is 3.54. The molecule has 0 bridgehead atoms. The first-order valence-corrected chi connectivity index (χ1v) is 6.39. The standard InChI is InChI=1S/C11H13Cl2N3OS/c1-2-16(6-10(14)18)11(17)15-7-3-4-8(12)9(13)5-7/h3-5H,2,6H2,1H3,(H2,14,18)(H,15,17). The molecule has 1 aromatic carbocycles. The number of carbonyl (C=O) groups excluding carboxylic acids is 1. The van der Waals surface area contributed by atoms with E-state index in [4.69, 9.17) is 41.2 Å². The van der Waals surface area contributed by atoms with E-state index in [-0.39, 0.29) is 17.6 Å². The molecule has 0 fully saturated rings. The van der Waals surface area contributed by atoms with E-state index < -0.39 is 0 Å². The molecule has 0 saturated carbocycles. The lowest BCUT2D eigenvalue weighted by atomic mass is 10.3. The molecule has 7 heteroatoms. The van der Waals surface area contributed by atoms with Gasteiger partial charge in [0.15, 0.2) is 0 Å². The van der Waals surface area contributed by atoms with Gasteiger partial charge in [-0.1, -0.05) is 35.4 Å². The van der Waals surface area contributed by atoms with E-state index >= 15 is 0 Å². The predicted molar refractivity (Wildman–Crippen MR) is 79.5 cm³/mol. The molecular weight excluding hydrogens is 293 g/mol. The molecule has 0 aromatic heterocycles. The summed E-state index contributed by atoms with van der Waals surface area (Å²) in [5.74, 6) is 0. The van der Waals surface area contributed by atoms with E-state index in [0.717, 1.165) is 0 Å². The van der Waals surface area contributed by atoms with Gasteiger partial charge in [-0.2, -0.15) is 0 Å². The first-order valence-electron chi connectivity index (χ1n) is 5.23. The van der Waals surface area contributed by atoms with Crippen LogP contribution in [0.3, 0.4) is 0 Å². The highest BCUT2D eigenvalue weighted by Crippen LogP contribution is 2.25. The summed E-state index contributed by atoms with van der Waals surface area (Å²) in [5, 5.41) is 3.51. The van der Waals surface area contributed by atoms with Gasteiger partial charge in [0.1, 0.15) is 0 Å². The summed E-state index contributed by atoms with van der Waals surface area (Å²) >= 11 is 16.4. The van der Waals surface area contributed by atoms with Crippen LogP contribution in [-0.4, -0.2) is 29.0 Å². The van der Waals surface area contributed by atoms with Crippen molar-refractivity contribution in [2.75, 3.05) is 18.4 Å². The summed E-state index contributed by atoms with van der Waals surface area (Å²) in [6.45, 7) is 2.58. The number of nitrogens with one attached hydrogen (secondary N) is 1. The highest BCUT2D eigenvalue weighted by molar-refractivity contribution is 7.80. The number of urea groups is 1. The Morgan fingerprint density at radius 1 is 1.44 bits per heavy atom. The number of thiocarbonyl (C=S) groups is 1. The Bertz CT molecular complexity index is 468. The van der Waals surface area contributed by atoms with E-state index in [1.807, 2.05) is 6.92 Å². The number of benzene rings is 1. The number of anilines is 1. The Labute approximate surface area is 121 Å². The number of nitrogens with two attached hydrogens (primary N) is 1. The summed E-state index contributed by atoms with van der Waals surface area (Å²) < 4.78 is 0. The molecule has 1 aromatic rings. The number of nitrogens with zero attached hydrogens (tertiary/aromatic N) is 1. The molecule has 2 amide bonds. The van der Waals surface area contributed by atoms with Crippen LogP contribution in [0.4, 0.5) is 10.5 Å². The second-order valence-corrected chi connectivity index (χ2v) is 4.88. The van der Waals surface area contributed by atoms with E-state index in [1.54, 1.807) is 18.2 Å². The lowest BCUT2D eigenvalue weighted by molar-refractivity contribution is 0.221. The predicted octanol–water partition coefficient (Wildman–Crippen LogP) is 3.13. The van der Waals surface area contributed by atoms with Crippen molar-refractivity contribution in [3.8, 4) is 0 Å². The molecule has 0 heterocycles. The SMILES string of the molecule is CCN(CC(N)=S)C(=O)Nc1ccc(Cl)c(Cl)c1. The van der Waals surface area contributed by atoms with Crippen molar-refractivity contribution in [2.24, 2.45) is 5.73 Å². The lowest BCUT2D eigenvalue weighted by Gasteiger charge is -2.20. The van der Waals surface area contributed by atoms with Gasteiger partial charge in [-0.05, 0) is 25.1 Å². The van der Waals surface area contributed by atoms with Gasteiger partial charge in [0.25, 0.3) is 0 Å². The topological polar surface area (TPSA) is 58.4 Å². The average Bonchev–Trinajstić information content (AvgIpc) is 2.30. The molecule has 3 N–H and O–H groups in total. The van der Waals surface area contributed by atoms with Gasteiger partial charge >= 0.3 is 6.03 Å². The Kier molecular flexibility index (Phi) is 5.65. The Hall–Kier alpha value is -1.04. The smallest absolute Gasteiger partial charge is 0.322 e. The average molecular weight is 306 g/mol. The maximum Gasteiger partial charge on any atom is 0.322 e. The normalized spacial score (nSPS) is 9.94. The third kappa shape index (κ3) is 4.33. The molecule has 18 heavy (non-hydrogen) atoms. The van der Waals surface area contributed by atoms with Gasteiger partial charge in [-0.25, -0.2) is 4.79 Å². The molecule has 98 valence electrons. The molecule has 0 aliphatic rings. The minimum absolute atomic E-state index is 0.235. The van der Waals surface area contributed by atoms with Gasteiger partial charge in [0.05, 0.1) is 21.6 Å². The molecule has 0 spiro atoms. The number of rotatable bonds is 4. The summed E-state index contributed by atoms with van der Waals surface area (Å²) in [7, 11) is 0. The highest BCUT2D eigenvalue weighted by Gasteiger charge is 2.12. The van der Waals surface area contributed by atoms with Crippen LogP contribution in [0.15, 0.2) is 18.2 Å². The van der Waals surface area contributed by atoms with Crippen molar-refractivity contribution >= 4 is 52.1 Å². The Balaban J connectivity index is 2.73. The van der Waals surface area contributed by atoms with E-state index in [2.05, 4.69) is 5.32 Å². The van der Waals surface area contributed by atoms with Crippen molar-refractivity contribution in [1.29, 1.82) is 0 Å². The molecule has 4 nitrogen and oxygen atoms in total. The van der Waals surface area contributed by atoms with Crippen molar-refractivity contribution in [2.45, 2.75) is 6.92 Å². The number of hydrogen-bond acceptors (Lipinski definition) is 2. The van der Waals surface area contributed by atoms with Crippen LogP contribution in [0.25, 0.3) is 0 Å². The third-order valence-corrected chi connectivity index (χ3v) is 3.05. The van der Waals surface area contributed by atoms with E-state index in [1.165, 1.54) is 4.90 Å². The minimum atomic E-state index is -0.288. The van der Waals surface area contributed by atoms with Crippen molar-refractivity contribution < 1.29 is 4.79 Å². The van der Waals surface area contributed by atoms with Gasteiger partial charge in [-0.3, -0.25) is 0 Å². The highest BCUT2D eigenvalue weighted by atomic mass is 35.5. The molecule has 0 aliphatic heterocycles. The number of hydrogen-bond donors (Lipinski definition) is 2. The molecule has 0 aliphatic carbocycles. The van der Waals surface area contributed by atoms with E-state index in [0.29, 0.717) is 22.3 Å². The van der Waals surface area contributed by atoms with Crippen LogP contribution in [0.1, 0.15) is 6.92 Å². The zero-order chi connectivity index (χ0) is 13.7. The van der Waals surface area contributed by atoms with Gasteiger partial charge in [-0.15, -0.1) is 0 Å². The maximum atomic E-state index is 11.9. The number of carbonyl (C=O) groups is 1. The van der Waals surface area contributed by atoms with Gasteiger partial charge in [0.2, 0.25) is 0 Å². The van der Waals surface area contributed by atoms with Crippen LogP contribution in [0.2, 0.25) is 10.0 Å². The fourth-order valence-electron chi connectivity index (χ4n) is 1.29. The molecular formula is C11H13Cl2N3OS. The van der Waals surface area contributed by atoms with Crippen LogP contribution in [0.5, 0.6) is 0 Å². The first kappa shape index (κ1) is 15.0. The number of likely N-dealkylation sites (N-methyl/N-ethyl adjacent to an activating group) is 1. The van der Waals surface area contributed by atoms with Crippen LogP contribution < -0.4 is 11.1 Å². The van der Waals surface area contributed by atoms with Crippen LogP contribution >= 0.6 is 35.4 Å². The van der Waals surface area contributed by atoms with Crippen molar-refractivity contribution in [3.05, 3.63) is 28.2 Å². The molecule has 0 saturated heterocycles.